The third-order valence-corrected chi connectivity index (χ3v) is 5.76. The summed E-state index contributed by atoms with van der Waals surface area (Å²) < 4.78 is 0. The number of rotatable bonds is 3. The van der Waals surface area contributed by atoms with E-state index in [1.807, 2.05) is 6.92 Å². The Morgan fingerprint density at radius 2 is 2.14 bits per heavy atom. The lowest BCUT2D eigenvalue weighted by Gasteiger charge is -2.39. The predicted molar refractivity (Wildman–Crippen MR) is 88.0 cm³/mol. The highest BCUT2D eigenvalue weighted by Gasteiger charge is 2.50. The Morgan fingerprint density at radius 3 is 2.82 bits per heavy atom. The van der Waals surface area contributed by atoms with Gasteiger partial charge in [0, 0.05) is 25.6 Å². The van der Waals surface area contributed by atoms with Gasteiger partial charge in [-0.2, -0.15) is 0 Å². The number of amides is 2. The molecule has 1 saturated heterocycles. The van der Waals surface area contributed by atoms with Crippen molar-refractivity contribution in [1.82, 2.24) is 20.4 Å². The van der Waals surface area contributed by atoms with Crippen molar-refractivity contribution in [2.45, 2.75) is 59.4 Å². The quantitative estimate of drug-likeness (QED) is 0.930. The van der Waals surface area contributed by atoms with Crippen LogP contribution in [-0.2, 0) is 6.42 Å². The molecule has 0 aromatic carbocycles. The summed E-state index contributed by atoms with van der Waals surface area (Å²) in [5.41, 5.74) is 0.636. The van der Waals surface area contributed by atoms with Crippen LogP contribution >= 0.6 is 11.3 Å². The first-order valence-corrected chi connectivity index (χ1v) is 8.92. The van der Waals surface area contributed by atoms with Crippen molar-refractivity contribution < 1.29 is 4.79 Å². The van der Waals surface area contributed by atoms with Gasteiger partial charge in [0.05, 0.1) is 0 Å². The summed E-state index contributed by atoms with van der Waals surface area (Å²) in [5.74, 6) is 0. The molecule has 2 fully saturated rings. The topological polar surface area (TPSA) is 58.1 Å². The van der Waals surface area contributed by atoms with E-state index in [2.05, 4.69) is 41.2 Å². The predicted octanol–water partition coefficient (Wildman–Crippen LogP) is 3.00. The van der Waals surface area contributed by atoms with Gasteiger partial charge in [-0.3, -0.25) is 0 Å². The molecule has 2 heterocycles. The normalized spacial score (nSPS) is 29.6. The fraction of sp³-hybridized carbons (Fsp3) is 0.812. The molecule has 1 aliphatic heterocycles. The van der Waals surface area contributed by atoms with Gasteiger partial charge >= 0.3 is 6.03 Å². The smallest absolute Gasteiger partial charge is 0.317 e. The highest BCUT2D eigenvalue weighted by Crippen LogP contribution is 2.52. The van der Waals surface area contributed by atoms with Crippen LogP contribution in [0.25, 0.3) is 0 Å². The molecule has 1 aromatic heterocycles. The number of hydrogen-bond acceptors (Lipinski definition) is 4. The van der Waals surface area contributed by atoms with Crippen LogP contribution in [0, 0.1) is 17.8 Å². The van der Waals surface area contributed by atoms with Gasteiger partial charge in [0.15, 0.2) is 0 Å². The molecule has 2 aliphatic rings. The molecule has 1 N–H and O–H groups in total. The van der Waals surface area contributed by atoms with Crippen LogP contribution in [0.1, 0.15) is 50.0 Å². The molecule has 1 aromatic rings. The lowest BCUT2D eigenvalue weighted by Crippen LogP contribution is -2.44. The van der Waals surface area contributed by atoms with Gasteiger partial charge in [-0.05, 0) is 37.0 Å². The summed E-state index contributed by atoms with van der Waals surface area (Å²) in [4.78, 5) is 14.6. The second kappa shape index (κ2) is 5.48. The molecule has 1 saturated carbocycles. The van der Waals surface area contributed by atoms with Crippen LogP contribution < -0.4 is 5.32 Å². The van der Waals surface area contributed by atoms with E-state index < -0.39 is 0 Å². The van der Waals surface area contributed by atoms with Crippen molar-refractivity contribution in [3.8, 4) is 0 Å². The largest absolute Gasteiger partial charge is 0.338 e. The maximum atomic E-state index is 12.5. The van der Waals surface area contributed by atoms with E-state index in [0.717, 1.165) is 35.8 Å². The highest BCUT2D eigenvalue weighted by atomic mass is 32.1. The van der Waals surface area contributed by atoms with Crippen molar-refractivity contribution in [2.75, 3.05) is 13.1 Å². The molecule has 22 heavy (non-hydrogen) atoms. The molecule has 6 heteroatoms. The second-order valence-electron chi connectivity index (χ2n) is 8.04. The summed E-state index contributed by atoms with van der Waals surface area (Å²) >= 11 is 1.60. The third-order valence-electron chi connectivity index (χ3n) is 4.86. The van der Waals surface area contributed by atoms with Crippen molar-refractivity contribution in [3.63, 3.8) is 0 Å². The first-order chi connectivity index (χ1) is 10.3. The Hall–Kier alpha value is -1.17. The number of urea groups is 1. The average molecular weight is 322 g/mol. The van der Waals surface area contributed by atoms with E-state index in [0.29, 0.717) is 23.4 Å². The molecular formula is C16H26N4OS. The monoisotopic (exact) mass is 322 g/mol. The van der Waals surface area contributed by atoms with Gasteiger partial charge in [0.2, 0.25) is 0 Å². The molecule has 122 valence electrons. The molecule has 0 spiro atoms. The van der Waals surface area contributed by atoms with Gasteiger partial charge in [-0.1, -0.05) is 20.8 Å². The van der Waals surface area contributed by atoms with Gasteiger partial charge in [0.25, 0.3) is 0 Å². The molecule has 3 rings (SSSR count). The molecule has 5 nitrogen and oxygen atoms in total. The number of hydrogen-bond donors (Lipinski definition) is 1. The van der Waals surface area contributed by atoms with Crippen LogP contribution in [0.2, 0.25) is 0 Å². The Morgan fingerprint density at radius 1 is 1.36 bits per heavy atom. The van der Waals surface area contributed by atoms with E-state index in [9.17, 15) is 4.79 Å². The number of carbonyl (C=O) groups excluding carboxylic acids is 1. The highest BCUT2D eigenvalue weighted by molar-refractivity contribution is 7.11. The molecule has 2 bridgehead atoms. The zero-order chi connectivity index (χ0) is 16.0. The summed E-state index contributed by atoms with van der Waals surface area (Å²) in [7, 11) is 0. The van der Waals surface area contributed by atoms with Crippen molar-refractivity contribution >= 4 is 17.4 Å². The number of carbonyl (C=O) groups is 1. The lowest BCUT2D eigenvalue weighted by atomic mass is 9.65. The van der Waals surface area contributed by atoms with Gasteiger partial charge in [0.1, 0.15) is 10.0 Å². The summed E-state index contributed by atoms with van der Waals surface area (Å²) in [5, 5.41) is 13.1. The fourth-order valence-corrected chi connectivity index (χ4v) is 5.22. The number of likely N-dealkylation sites (tertiary alicyclic amines) is 1. The average Bonchev–Trinajstić information content (AvgIpc) is 2.89. The number of nitrogens with one attached hydrogen (secondary N) is 1. The van der Waals surface area contributed by atoms with Crippen LogP contribution in [0.4, 0.5) is 4.79 Å². The van der Waals surface area contributed by atoms with E-state index in [4.69, 9.17) is 0 Å². The molecule has 2 amide bonds. The maximum absolute atomic E-state index is 12.5. The van der Waals surface area contributed by atoms with Gasteiger partial charge in [-0.25, -0.2) is 4.79 Å². The Labute approximate surface area is 136 Å². The van der Waals surface area contributed by atoms with Crippen molar-refractivity contribution in [2.24, 2.45) is 10.8 Å². The summed E-state index contributed by atoms with van der Waals surface area (Å²) in [6, 6.07) is 0.491. The third kappa shape index (κ3) is 3.26. The Kier molecular flexibility index (Phi) is 3.91. The summed E-state index contributed by atoms with van der Waals surface area (Å²) in [6.07, 6.45) is 4.24. The molecular weight excluding hydrogens is 296 g/mol. The van der Waals surface area contributed by atoms with E-state index in [1.165, 1.54) is 6.42 Å². The molecule has 0 radical (unpaired) electrons. The SMILES string of the molecule is Cc1nnc(CCNC(=O)N2C[C@]3(C)C[C@H]2CC(C)(C)C3)s1. The number of aromatic nitrogens is 2. The van der Waals surface area contributed by atoms with Crippen molar-refractivity contribution in [1.29, 1.82) is 0 Å². The maximum Gasteiger partial charge on any atom is 0.317 e. The first-order valence-electron chi connectivity index (χ1n) is 8.10. The number of aryl methyl sites for hydroxylation is 1. The fourth-order valence-electron chi connectivity index (χ4n) is 4.51. The molecule has 2 atom stereocenters. The molecule has 0 unspecified atom stereocenters. The summed E-state index contributed by atoms with van der Waals surface area (Å²) in [6.45, 7) is 10.5. The van der Waals surface area contributed by atoms with Gasteiger partial charge in [-0.15, -0.1) is 21.5 Å². The Bertz CT molecular complexity index is 570. The van der Waals surface area contributed by atoms with Crippen LogP contribution in [0.3, 0.4) is 0 Å². The van der Waals surface area contributed by atoms with Crippen LogP contribution in [0.5, 0.6) is 0 Å². The standard InChI is InChI=1S/C16H26N4OS/c1-11-18-19-13(22-11)5-6-17-14(21)20-10-16(4)8-12(20)7-15(2,3)9-16/h12H,5-10H2,1-4H3,(H,17,21)/t12-,16-/m1/s1. The van der Waals surface area contributed by atoms with E-state index in [1.54, 1.807) is 11.3 Å². The number of nitrogens with zero attached hydrogens (tertiary/aromatic N) is 3. The van der Waals surface area contributed by atoms with Crippen LogP contribution in [0.15, 0.2) is 0 Å². The zero-order valence-corrected chi connectivity index (χ0v) is 14.8. The zero-order valence-electron chi connectivity index (χ0n) is 14.0. The lowest BCUT2D eigenvalue weighted by molar-refractivity contribution is 0.129. The van der Waals surface area contributed by atoms with Gasteiger partial charge < -0.3 is 10.2 Å². The second-order valence-corrected chi connectivity index (χ2v) is 9.30. The minimum atomic E-state index is 0.0904. The molecule has 1 aliphatic carbocycles. The van der Waals surface area contributed by atoms with E-state index in [-0.39, 0.29) is 6.03 Å². The van der Waals surface area contributed by atoms with E-state index >= 15 is 0 Å². The Balaban J connectivity index is 1.55. The van der Waals surface area contributed by atoms with Crippen LogP contribution in [-0.4, -0.2) is 40.3 Å². The first kappa shape index (κ1) is 15.7. The minimum absolute atomic E-state index is 0.0904. The number of fused-ring (bicyclic) bond motifs is 2. The minimum Gasteiger partial charge on any atom is -0.338 e. The van der Waals surface area contributed by atoms with Crippen molar-refractivity contribution in [3.05, 3.63) is 10.0 Å².